The predicted molar refractivity (Wildman–Crippen MR) is 122 cm³/mol. The molecule has 1 N–H and O–H groups in total. The van der Waals surface area contributed by atoms with Crippen LogP contribution in [0.1, 0.15) is 5.76 Å². The van der Waals surface area contributed by atoms with Crippen LogP contribution in [-0.2, 0) is 4.79 Å². The molecule has 0 radical (unpaired) electrons. The Hall–Kier alpha value is -3.21. The molecule has 0 atom stereocenters. The Kier molecular flexibility index (Phi) is 6.31. The average molecular weight is 473 g/mol. The van der Waals surface area contributed by atoms with Crippen LogP contribution in [0.25, 0.3) is 21.5 Å². The highest BCUT2D eigenvalue weighted by Gasteiger charge is 2.13. The molecule has 0 aliphatic carbocycles. The number of nitrogens with one attached hydrogen (secondary N) is 1. The van der Waals surface area contributed by atoms with Gasteiger partial charge in [-0.2, -0.15) is 5.10 Å². The molecule has 156 valence electrons. The first-order chi connectivity index (χ1) is 15.0. The molecule has 4 rings (SSSR count). The summed E-state index contributed by atoms with van der Waals surface area (Å²) < 4.78 is 7.52. The van der Waals surface area contributed by atoms with E-state index >= 15 is 0 Å². The molecular formula is C20H13ClN4O4S2. The summed E-state index contributed by atoms with van der Waals surface area (Å²) in [5, 5.41) is 14.9. The van der Waals surface area contributed by atoms with Gasteiger partial charge < -0.3 is 4.42 Å². The molecule has 0 unspecified atom stereocenters. The van der Waals surface area contributed by atoms with E-state index in [0.29, 0.717) is 17.1 Å². The molecule has 2 aromatic carbocycles. The van der Waals surface area contributed by atoms with Crippen molar-refractivity contribution in [3.05, 3.63) is 75.5 Å². The van der Waals surface area contributed by atoms with Crippen molar-refractivity contribution in [1.29, 1.82) is 0 Å². The van der Waals surface area contributed by atoms with E-state index in [-0.39, 0.29) is 22.4 Å². The third-order valence-corrected chi connectivity index (χ3v) is 6.53. The Labute approximate surface area is 189 Å². The Morgan fingerprint density at radius 2 is 2.13 bits per heavy atom. The number of carbonyl (C=O) groups excluding carboxylic acids is 1. The van der Waals surface area contributed by atoms with E-state index in [9.17, 15) is 14.9 Å². The number of halogens is 1. The third-order valence-electron chi connectivity index (χ3n) is 4.04. The zero-order valence-electron chi connectivity index (χ0n) is 15.6. The first-order valence-electron chi connectivity index (χ1n) is 8.84. The maximum atomic E-state index is 12.0. The van der Waals surface area contributed by atoms with Crippen LogP contribution >= 0.6 is 34.7 Å². The molecule has 0 saturated heterocycles. The molecule has 2 heterocycles. The maximum Gasteiger partial charge on any atom is 0.270 e. The fraction of sp³-hybridized carbons (Fsp3) is 0.0500. The normalized spacial score (nSPS) is 11.3. The number of aromatic nitrogens is 1. The second-order valence-corrected chi connectivity index (χ2v) is 8.81. The van der Waals surface area contributed by atoms with Gasteiger partial charge >= 0.3 is 0 Å². The molecule has 0 saturated carbocycles. The number of thiazole rings is 1. The molecular weight excluding hydrogens is 460 g/mol. The van der Waals surface area contributed by atoms with Crippen LogP contribution in [0, 0.1) is 10.1 Å². The summed E-state index contributed by atoms with van der Waals surface area (Å²) in [6, 6.07) is 15.2. The number of benzene rings is 2. The lowest BCUT2D eigenvalue weighted by atomic mass is 10.1. The van der Waals surface area contributed by atoms with Gasteiger partial charge in [-0.15, -0.1) is 11.3 Å². The van der Waals surface area contributed by atoms with Gasteiger partial charge in [-0.05, 0) is 30.3 Å². The average Bonchev–Trinajstić information content (AvgIpc) is 3.38. The number of furan rings is 1. The van der Waals surface area contributed by atoms with E-state index in [1.54, 1.807) is 12.1 Å². The Balaban J connectivity index is 1.32. The van der Waals surface area contributed by atoms with E-state index in [4.69, 9.17) is 16.0 Å². The number of nitro groups is 1. The standard InChI is InChI=1S/C20H13ClN4O4S2/c21-15-9-12(25(27)28)5-7-14(15)17-8-6-13(29-17)10-22-24-19(26)11-30-20-23-16-3-1-2-4-18(16)31-20/h1-10H,11H2,(H,24,26)/b22-10-. The van der Waals surface area contributed by atoms with Crippen molar-refractivity contribution < 1.29 is 14.1 Å². The smallest absolute Gasteiger partial charge is 0.270 e. The van der Waals surface area contributed by atoms with Crippen molar-refractivity contribution in [3.8, 4) is 11.3 Å². The van der Waals surface area contributed by atoms with Gasteiger partial charge in [0.1, 0.15) is 11.5 Å². The Morgan fingerprint density at radius 3 is 2.90 bits per heavy atom. The summed E-state index contributed by atoms with van der Waals surface area (Å²) >= 11 is 8.99. The quantitative estimate of drug-likeness (QED) is 0.168. The SMILES string of the molecule is O=C(CSc1nc2ccccc2s1)N/N=C\c1ccc(-c2ccc([N+](=O)[O-])cc2Cl)o1. The molecule has 4 aromatic rings. The van der Waals surface area contributed by atoms with E-state index in [1.807, 2.05) is 24.3 Å². The van der Waals surface area contributed by atoms with E-state index in [1.165, 1.54) is 47.5 Å². The lowest BCUT2D eigenvalue weighted by Crippen LogP contribution is -2.19. The summed E-state index contributed by atoms with van der Waals surface area (Å²) in [5.74, 6) is 0.729. The van der Waals surface area contributed by atoms with E-state index in [0.717, 1.165) is 14.6 Å². The summed E-state index contributed by atoms with van der Waals surface area (Å²) in [4.78, 5) is 26.8. The van der Waals surface area contributed by atoms with E-state index < -0.39 is 4.92 Å². The summed E-state index contributed by atoms with van der Waals surface area (Å²) in [5.41, 5.74) is 3.77. The molecule has 8 nitrogen and oxygen atoms in total. The van der Waals surface area contributed by atoms with Crippen LogP contribution in [0.3, 0.4) is 0 Å². The second kappa shape index (κ2) is 9.29. The Morgan fingerprint density at radius 1 is 1.29 bits per heavy atom. The van der Waals surface area contributed by atoms with Gasteiger partial charge in [0.05, 0.1) is 32.1 Å². The zero-order valence-corrected chi connectivity index (χ0v) is 18.0. The number of hydrogen-bond donors (Lipinski definition) is 1. The van der Waals surface area contributed by atoms with Gasteiger partial charge in [0.15, 0.2) is 4.34 Å². The number of nitro benzene ring substituents is 1. The number of hydrazone groups is 1. The second-order valence-electron chi connectivity index (χ2n) is 6.15. The highest BCUT2D eigenvalue weighted by atomic mass is 35.5. The van der Waals surface area contributed by atoms with Gasteiger partial charge in [0.25, 0.3) is 11.6 Å². The molecule has 0 aliphatic heterocycles. The number of hydrogen-bond acceptors (Lipinski definition) is 8. The largest absolute Gasteiger partial charge is 0.455 e. The molecule has 0 fully saturated rings. The fourth-order valence-electron chi connectivity index (χ4n) is 2.62. The topological polar surface area (TPSA) is 111 Å². The third kappa shape index (κ3) is 5.10. The summed E-state index contributed by atoms with van der Waals surface area (Å²) in [6.07, 6.45) is 1.36. The number of carbonyl (C=O) groups is 1. The summed E-state index contributed by atoms with van der Waals surface area (Å²) in [6.45, 7) is 0. The lowest BCUT2D eigenvalue weighted by molar-refractivity contribution is -0.384. The molecule has 11 heteroatoms. The number of fused-ring (bicyclic) bond motifs is 1. The van der Waals surface area contributed by atoms with Crippen LogP contribution in [0.4, 0.5) is 5.69 Å². The number of para-hydroxylation sites is 1. The number of thioether (sulfide) groups is 1. The monoisotopic (exact) mass is 472 g/mol. The number of amides is 1. The van der Waals surface area contributed by atoms with Gasteiger partial charge in [-0.1, -0.05) is 35.5 Å². The highest BCUT2D eigenvalue weighted by Crippen LogP contribution is 2.32. The van der Waals surface area contributed by atoms with Crippen molar-refractivity contribution in [2.45, 2.75) is 4.34 Å². The fourth-order valence-corrected chi connectivity index (χ4v) is 4.75. The van der Waals surface area contributed by atoms with Crippen LogP contribution in [0.5, 0.6) is 0 Å². The zero-order chi connectivity index (χ0) is 21.8. The van der Waals surface area contributed by atoms with Gasteiger partial charge in [-0.25, -0.2) is 10.4 Å². The molecule has 2 aromatic heterocycles. The first-order valence-corrected chi connectivity index (χ1v) is 11.0. The Bertz CT molecular complexity index is 1270. The van der Waals surface area contributed by atoms with E-state index in [2.05, 4.69) is 15.5 Å². The number of nitrogens with zero attached hydrogens (tertiary/aromatic N) is 3. The van der Waals surface area contributed by atoms with Crippen molar-refractivity contribution in [3.63, 3.8) is 0 Å². The van der Waals surface area contributed by atoms with Gasteiger partial charge in [-0.3, -0.25) is 14.9 Å². The van der Waals surface area contributed by atoms with Crippen LogP contribution in [0.15, 0.2) is 68.5 Å². The molecule has 0 spiro atoms. The van der Waals surface area contributed by atoms with Crippen molar-refractivity contribution >= 4 is 62.7 Å². The molecule has 0 aliphatic rings. The number of non-ortho nitro benzene ring substituents is 1. The highest BCUT2D eigenvalue weighted by molar-refractivity contribution is 8.01. The molecule has 0 bridgehead atoms. The first kappa shape index (κ1) is 21.0. The number of rotatable bonds is 7. The van der Waals surface area contributed by atoms with Crippen LogP contribution < -0.4 is 5.43 Å². The van der Waals surface area contributed by atoms with Gasteiger partial charge in [0, 0.05) is 17.7 Å². The summed E-state index contributed by atoms with van der Waals surface area (Å²) in [7, 11) is 0. The minimum absolute atomic E-state index is 0.103. The minimum Gasteiger partial charge on any atom is -0.455 e. The predicted octanol–water partition coefficient (Wildman–Crippen LogP) is 5.36. The van der Waals surface area contributed by atoms with Crippen molar-refractivity contribution in [2.24, 2.45) is 5.10 Å². The van der Waals surface area contributed by atoms with Crippen LogP contribution in [-0.4, -0.2) is 27.8 Å². The molecule has 1 amide bonds. The van der Waals surface area contributed by atoms with Crippen molar-refractivity contribution in [1.82, 2.24) is 10.4 Å². The minimum atomic E-state index is -0.520. The lowest BCUT2D eigenvalue weighted by Gasteiger charge is -2.00. The van der Waals surface area contributed by atoms with Gasteiger partial charge in [0.2, 0.25) is 0 Å². The van der Waals surface area contributed by atoms with Crippen LogP contribution in [0.2, 0.25) is 5.02 Å². The maximum absolute atomic E-state index is 12.0. The van der Waals surface area contributed by atoms with Crippen molar-refractivity contribution in [2.75, 3.05) is 5.75 Å². The molecule has 31 heavy (non-hydrogen) atoms.